The SMILES string of the molecule is CN=CC=NOCc1cccc(C)c1C(=O)C#N. The van der Waals surface area contributed by atoms with Gasteiger partial charge in [0.15, 0.2) is 0 Å². The number of oxime groups is 1. The van der Waals surface area contributed by atoms with Gasteiger partial charge in [-0.2, -0.15) is 5.26 Å². The second-order valence-electron chi connectivity index (χ2n) is 3.49. The highest BCUT2D eigenvalue weighted by Crippen LogP contribution is 2.16. The van der Waals surface area contributed by atoms with E-state index >= 15 is 0 Å². The minimum Gasteiger partial charge on any atom is -0.391 e. The summed E-state index contributed by atoms with van der Waals surface area (Å²) in [5, 5.41) is 12.3. The van der Waals surface area contributed by atoms with Crippen molar-refractivity contribution in [1.29, 1.82) is 5.26 Å². The van der Waals surface area contributed by atoms with Gasteiger partial charge in [-0.25, -0.2) is 0 Å². The Hall–Kier alpha value is -2.48. The number of aliphatic imine (C=N–C) groups is 1. The van der Waals surface area contributed by atoms with Crippen molar-refractivity contribution >= 4 is 18.2 Å². The molecule has 0 aliphatic carbocycles. The molecule has 0 fully saturated rings. The van der Waals surface area contributed by atoms with Crippen LogP contribution < -0.4 is 0 Å². The van der Waals surface area contributed by atoms with Gasteiger partial charge in [-0.3, -0.25) is 9.79 Å². The quantitative estimate of drug-likeness (QED) is 0.343. The first-order chi connectivity index (χ1) is 8.70. The van der Waals surface area contributed by atoms with Crippen molar-refractivity contribution in [3.63, 3.8) is 0 Å². The third-order valence-corrected chi connectivity index (χ3v) is 2.26. The monoisotopic (exact) mass is 243 g/mol. The van der Waals surface area contributed by atoms with Crippen LogP contribution in [0.4, 0.5) is 0 Å². The lowest BCUT2D eigenvalue weighted by molar-refractivity contribution is 0.104. The van der Waals surface area contributed by atoms with E-state index in [1.165, 1.54) is 12.4 Å². The molecule has 0 bridgehead atoms. The Balaban J connectivity index is 2.86. The maximum atomic E-state index is 11.5. The molecular formula is C13H13N3O2. The summed E-state index contributed by atoms with van der Waals surface area (Å²) in [5.41, 5.74) is 1.79. The summed E-state index contributed by atoms with van der Waals surface area (Å²) < 4.78 is 0. The average molecular weight is 243 g/mol. The fraction of sp³-hybridized carbons (Fsp3) is 0.231. The number of hydrogen-bond acceptors (Lipinski definition) is 5. The van der Waals surface area contributed by atoms with E-state index in [9.17, 15) is 4.79 Å². The standard InChI is InChI=1S/C13H13N3O2/c1-10-4-3-5-11(13(10)12(17)8-14)9-18-16-7-6-15-2/h3-7H,9H2,1-2H3. The van der Waals surface area contributed by atoms with Gasteiger partial charge in [0.25, 0.3) is 5.78 Å². The lowest BCUT2D eigenvalue weighted by Gasteiger charge is -2.07. The predicted octanol–water partition coefficient (Wildman–Crippen LogP) is 1.90. The van der Waals surface area contributed by atoms with Crippen molar-refractivity contribution in [2.45, 2.75) is 13.5 Å². The number of carbonyl (C=O) groups is 1. The van der Waals surface area contributed by atoms with Gasteiger partial charge in [0.2, 0.25) is 0 Å². The minimum absolute atomic E-state index is 0.137. The zero-order valence-electron chi connectivity index (χ0n) is 10.3. The third-order valence-electron chi connectivity index (χ3n) is 2.26. The smallest absolute Gasteiger partial charge is 0.262 e. The van der Waals surface area contributed by atoms with Gasteiger partial charge < -0.3 is 4.84 Å². The van der Waals surface area contributed by atoms with E-state index in [4.69, 9.17) is 10.1 Å². The average Bonchev–Trinajstić information content (AvgIpc) is 2.38. The van der Waals surface area contributed by atoms with Crippen LogP contribution in [0.3, 0.4) is 0 Å². The summed E-state index contributed by atoms with van der Waals surface area (Å²) in [6.07, 6.45) is 2.89. The number of nitrogens with zero attached hydrogens (tertiary/aromatic N) is 3. The zero-order valence-corrected chi connectivity index (χ0v) is 10.3. The summed E-state index contributed by atoms with van der Waals surface area (Å²) in [6.45, 7) is 1.92. The molecule has 0 heterocycles. The van der Waals surface area contributed by atoms with Gasteiger partial charge >= 0.3 is 0 Å². The summed E-state index contributed by atoms with van der Waals surface area (Å²) in [7, 11) is 1.62. The van der Waals surface area contributed by atoms with Crippen LogP contribution in [0.5, 0.6) is 0 Å². The first-order valence-electron chi connectivity index (χ1n) is 5.29. The second-order valence-corrected chi connectivity index (χ2v) is 3.49. The van der Waals surface area contributed by atoms with Crippen LogP contribution in [-0.4, -0.2) is 25.3 Å². The van der Waals surface area contributed by atoms with Crippen molar-refractivity contribution < 1.29 is 9.63 Å². The number of Topliss-reactive ketones (excluding diaryl/α,β-unsaturated/α-hetero) is 1. The van der Waals surface area contributed by atoms with Crippen molar-refractivity contribution in [3.05, 3.63) is 34.9 Å². The molecule has 92 valence electrons. The number of nitriles is 1. The molecule has 0 amide bonds. The first-order valence-corrected chi connectivity index (χ1v) is 5.29. The van der Waals surface area contributed by atoms with Crippen molar-refractivity contribution in [3.8, 4) is 6.07 Å². The fourth-order valence-electron chi connectivity index (χ4n) is 1.47. The highest BCUT2D eigenvalue weighted by molar-refractivity contribution is 6.15. The molecule has 5 nitrogen and oxygen atoms in total. The second kappa shape index (κ2) is 6.97. The topological polar surface area (TPSA) is 74.8 Å². The van der Waals surface area contributed by atoms with Crippen LogP contribution in [0.25, 0.3) is 0 Å². The van der Waals surface area contributed by atoms with Gasteiger partial charge in [0.05, 0.1) is 6.21 Å². The largest absolute Gasteiger partial charge is 0.391 e. The Morgan fingerprint density at radius 1 is 1.50 bits per heavy atom. The molecule has 0 aliphatic heterocycles. The molecule has 0 aliphatic rings. The molecule has 0 N–H and O–H groups in total. The molecule has 0 saturated heterocycles. The summed E-state index contributed by atoms with van der Waals surface area (Å²) >= 11 is 0. The van der Waals surface area contributed by atoms with Crippen LogP contribution >= 0.6 is 0 Å². The minimum atomic E-state index is -0.564. The van der Waals surface area contributed by atoms with Crippen LogP contribution in [0.2, 0.25) is 0 Å². The van der Waals surface area contributed by atoms with Gasteiger partial charge in [0.1, 0.15) is 12.7 Å². The number of benzene rings is 1. The molecule has 0 aromatic heterocycles. The summed E-state index contributed by atoms with van der Waals surface area (Å²) in [4.78, 5) is 20.2. The van der Waals surface area contributed by atoms with Crippen LogP contribution in [0, 0.1) is 18.3 Å². The molecule has 1 aromatic rings. The maximum absolute atomic E-state index is 11.5. The van der Waals surface area contributed by atoms with Crippen LogP contribution in [0.1, 0.15) is 21.5 Å². The number of ketones is 1. The van der Waals surface area contributed by atoms with Crippen LogP contribution in [-0.2, 0) is 11.4 Å². The molecule has 18 heavy (non-hydrogen) atoms. The first kappa shape index (κ1) is 13.6. The van der Waals surface area contributed by atoms with E-state index < -0.39 is 5.78 Å². The Morgan fingerprint density at radius 3 is 2.94 bits per heavy atom. The zero-order chi connectivity index (χ0) is 13.4. The van der Waals surface area contributed by atoms with Gasteiger partial charge in [-0.1, -0.05) is 23.4 Å². The fourth-order valence-corrected chi connectivity index (χ4v) is 1.47. The predicted molar refractivity (Wildman–Crippen MR) is 68.8 cm³/mol. The van der Waals surface area contributed by atoms with Gasteiger partial charge in [-0.05, 0) is 12.5 Å². The van der Waals surface area contributed by atoms with E-state index in [0.29, 0.717) is 11.1 Å². The summed E-state index contributed by atoms with van der Waals surface area (Å²) in [6, 6.07) is 6.94. The number of rotatable bonds is 5. The van der Waals surface area contributed by atoms with Crippen molar-refractivity contribution in [1.82, 2.24) is 0 Å². The van der Waals surface area contributed by atoms with Gasteiger partial charge in [-0.15, -0.1) is 0 Å². The van der Waals surface area contributed by atoms with E-state index in [2.05, 4.69) is 10.1 Å². The lowest BCUT2D eigenvalue weighted by Crippen LogP contribution is -2.04. The van der Waals surface area contributed by atoms with Crippen molar-refractivity contribution in [2.24, 2.45) is 10.1 Å². The molecular weight excluding hydrogens is 230 g/mol. The van der Waals surface area contributed by atoms with Gasteiger partial charge in [0, 0.05) is 24.4 Å². The number of aryl methyl sites for hydroxylation is 1. The Labute approximate surface area is 105 Å². The summed E-state index contributed by atoms with van der Waals surface area (Å²) in [5.74, 6) is -0.564. The Bertz CT molecular complexity index is 528. The van der Waals surface area contributed by atoms with E-state index in [-0.39, 0.29) is 6.61 Å². The highest BCUT2D eigenvalue weighted by Gasteiger charge is 2.13. The number of carbonyl (C=O) groups excluding carboxylic acids is 1. The molecule has 0 atom stereocenters. The molecule has 0 radical (unpaired) electrons. The molecule has 1 rings (SSSR count). The third kappa shape index (κ3) is 3.52. The number of hydrogen-bond donors (Lipinski definition) is 0. The van der Waals surface area contributed by atoms with Crippen molar-refractivity contribution in [2.75, 3.05) is 7.05 Å². The van der Waals surface area contributed by atoms with Crippen LogP contribution in [0.15, 0.2) is 28.3 Å². The molecule has 0 spiro atoms. The molecule has 0 saturated carbocycles. The molecule has 0 unspecified atom stereocenters. The Kier molecular flexibility index (Phi) is 5.26. The van der Waals surface area contributed by atoms with E-state index in [1.54, 1.807) is 38.2 Å². The normalized spacial score (nSPS) is 10.7. The maximum Gasteiger partial charge on any atom is 0.262 e. The molecule has 1 aromatic carbocycles. The highest BCUT2D eigenvalue weighted by atomic mass is 16.6. The molecule has 5 heteroatoms. The van der Waals surface area contributed by atoms with E-state index in [0.717, 1.165) is 5.56 Å². The Morgan fingerprint density at radius 2 is 2.28 bits per heavy atom. The van der Waals surface area contributed by atoms with E-state index in [1.807, 2.05) is 0 Å². The lowest BCUT2D eigenvalue weighted by atomic mass is 9.99.